The molecule has 0 spiro atoms. The number of nitrogens with zero attached hydrogens (tertiary/aromatic N) is 1. The average molecular weight is 257 g/mol. The topological polar surface area (TPSA) is 54.9 Å². The molecule has 1 aliphatic carbocycles. The summed E-state index contributed by atoms with van der Waals surface area (Å²) in [7, 11) is 0. The van der Waals surface area contributed by atoms with Crippen LogP contribution in [0.1, 0.15) is 31.7 Å². The van der Waals surface area contributed by atoms with Gasteiger partial charge in [0.25, 0.3) is 5.56 Å². The summed E-state index contributed by atoms with van der Waals surface area (Å²) in [5.74, 6) is 1.13. The van der Waals surface area contributed by atoms with Crippen molar-refractivity contribution in [1.29, 1.82) is 0 Å². The number of halogens is 1. The lowest BCUT2D eigenvalue weighted by molar-refractivity contribution is 0.422. The highest BCUT2D eigenvalue weighted by Crippen LogP contribution is 2.30. The molecule has 0 saturated heterocycles. The van der Waals surface area contributed by atoms with Crippen LogP contribution in [0.4, 0.5) is 0 Å². The molecular formula is C12H17ClN2O2. The molecule has 0 radical (unpaired) electrons. The van der Waals surface area contributed by atoms with Crippen molar-refractivity contribution in [1.82, 2.24) is 9.55 Å². The number of nitrogens with one attached hydrogen (secondary N) is 1. The van der Waals surface area contributed by atoms with Crippen LogP contribution in [-0.4, -0.2) is 9.55 Å². The number of aromatic amines is 1. The van der Waals surface area contributed by atoms with E-state index in [-0.39, 0.29) is 10.7 Å². The molecule has 2 atom stereocenters. The average Bonchev–Trinajstić information content (AvgIpc) is 2.67. The Morgan fingerprint density at radius 1 is 1.41 bits per heavy atom. The van der Waals surface area contributed by atoms with Crippen molar-refractivity contribution in [3.63, 3.8) is 0 Å². The summed E-state index contributed by atoms with van der Waals surface area (Å²) in [6.07, 6.45) is 3.37. The summed E-state index contributed by atoms with van der Waals surface area (Å²) in [6.45, 7) is 4.35. The van der Waals surface area contributed by atoms with Gasteiger partial charge in [-0.15, -0.1) is 0 Å². The van der Waals surface area contributed by atoms with Crippen LogP contribution in [0.15, 0.2) is 9.59 Å². The Bertz CT molecular complexity index is 532. The maximum Gasteiger partial charge on any atom is 0.329 e. The zero-order valence-corrected chi connectivity index (χ0v) is 10.9. The highest BCUT2D eigenvalue weighted by molar-refractivity contribution is 6.30. The third kappa shape index (κ3) is 2.46. The van der Waals surface area contributed by atoms with Gasteiger partial charge in [0, 0.05) is 12.1 Å². The summed E-state index contributed by atoms with van der Waals surface area (Å²) in [5, 5.41) is 0.149. The second-order valence-corrected chi connectivity index (χ2v) is 5.45. The molecule has 1 N–H and O–H groups in total. The number of rotatable bonds is 2. The first kappa shape index (κ1) is 12.4. The van der Waals surface area contributed by atoms with E-state index in [2.05, 4.69) is 11.9 Å². The van der Waals surface area contributed by atoms with E-state index >= 15 is 0 Å². The third-order valence-corrected chi connectivity index (χ3v) is 3.98. The number of H-pyrrole nitrogens is 1. The van der Waals surface area contributed by atoms with E-state index in [0.29, 0.717) is 23.9 Å². The Morgan fingerprint density at radius 2 is 2.12 bits per heavy atom. The Hall–Kier alpha value is -1.03. The van der Waals surface area contributed by atoms with Gasteiger partial charge in [0.2, 0.25) is 0 Å². The Balaban J connectivity index is 2.31. The Labute approximate surface area is 105 Å². The number of hydrogen-bond acceptors (Lipinski definition) is 2. The molecule has 5 heteroatoms. The lowest BCUT2D eigenvalue weighted by Crippen LogP contribution is -2.38. The van der Waals surface area contributed by atoms with Gasteiger partial charge in [-0.1, -0.05) is 24.9 Å². The fourth-order valence-electron chi connectivity index (χ4n) is 2.56. The van der Waals surface area contributed by atoms with Crippen LogP contribution in [0.5, 0.6) is 0 Å². The van der Waals surface area contributed by atoms with E-state index < -0.39 is 5.69 Å². The van der Waals surface area contributed by atoms with Gasteiger partial charge in [-0.05, 0) is 31.6 Å². The van der Waals surface area contributed by atoms with Crippen LogP contribution in [0.3, 0.4) is 0 Å². The summed E-state index contributed by atoms with van der Waals surface area (Å²) >= 11 is 5.76. The third-order valence-electron chi connectivity index (χ3n) is 3.60. The number of aromatic nitrogens is 2. The van der Waals surface area contributed by atoms with Crippen LogP contribution in [0, 0.1) is 18.8 Å². The van der Waals surface area contributed by atoms with Gasteiger partial charge >= 0.3 is 5.69 Å². The smallest absolute Gasteiger partial charge is 0.297 e. The molecule has 1 aromatic rings. The van der Waals surface area contributed by atoms with Crippen LogP contribution < -0.4 is 11.2 Å². The second kappa shape index (κ2) is 4.69. The zero-order valence-electron chi connectivity index (χ0n) is 10.1. The maximum atomic E-state index is 11.9. The molecule has 2 unspecified atom stereocenters. The van der Waals surface area contributed by atoms with E-state index in [1.165, 1.54) is 11.0 Å². The van der Waals surface area contributed by atoms with Gasteiger partial charge in [-0.3, -0.25) is 14.3 Å². The van der Waals surface area contributed by atoms with E-state index in [4.69, 9.17) is 11.6 Å². The van der Waals surface area contributed by atoms with Gasteiger partial charge in [-0.25, -0.2) is 4.79 Å². The predicted octanol–water partition coefficient (Wildman–Crippen LogP) is 1.93. The van der Waals surface area contributed by atoms with E-state index in [0.717, 1.165) is 12.8 Å². The lowest BCUT2D eigenvalue weighted by atomic mass is 10.1. The molecule has 17 heavy (non-hydrogen) atoms. The van der Waals surface area contributed by atoms with Crippen LogP contribution >= 0.6 is 11.6 Å². The van der Waals surface area contributed by atoms with Gasteiger partial charge in [-0.2, -0.15) is 0 Å². The van der Waals surface area contributed by atoms with Crippen molar-refractivity contribution in [3.05, 3.63) is 31.6 Å². The SMILES string of the molecule is Cc1c(Cl)[nH]c(=O)n(CC2CCC(C)C2)c1=O. The predicted molar refractivity (Wildman–Crippen MR) is 67.6 cm³/mol. The molecule has 4 nitrogen and oxygen atoms in total. The monoisotopic (exact) mass is 256 g/mol. The first-order valence-electron chi connectivity index (χ1n) is 5.98. The lowest BCUT2D eigenvalue weighted by Gasteiger charge is -2.12. The quantitative estimate of drug-likeness (QED) is 0.822. The summed E-state index contributed by atoms with van der Waals surface area (Å²) in [5.41, 5.74) is -0.249. The minimum Gasteiger partial charge on any atom is -0.297 e. The van der Waals surface area contributed by atoms with E-state index in [1.54, 1.807) is 6.92 Å². The maximum absolute atomic E-state index is 11.9. The molecule has 1 aliphatic rings. The van der Waals surface area contributed by atoms with Gasteiger partial charge in [0.15, 0.2) is 0 Å². The molecule has 1 fully saturated rings. The first-order chi connectivity index (χ1) is 7.99. The first-order valence-corrected chi connectivity index (χ1v) is 6.36. The minimum absolute atomic E-state index is 0.149. The molecule has 0 amide bonds. The fraction of sp³-hybridized carbons (Fsp3) is 0.667. The number of hydrogen-bond donors (Lipinski definition) is 1. The Morgan fingerprint density at radius 3 is 2.71 bits per heavy atom. The van der Waals surface area contributed by atoms with E-state index in [1.807, 2.05) is 0 Å². The van der Waals surface area contributed by atoms with Gasteiger partial charge < -0.3 is 0 Å². The summed E-state index contributed by atoms with van der Waals surface area (Å²) in [4.78, 5) is 26.1. The second-order valence-electron chi connectivity index (χ2n) is 5.07. The molecule has 1 heterocycles. The van der Waals surface area contributed by atoms with Gasteiger partial charge in [0.05, 0.1) is 0 Å². The largest absolute Gasteiger partial charge is 0.329 e. The van der Waals surface area contributed by atoms with Crippen molar-refractivity contribution in [2.24, 2.45) is 11.8 Å². The normalized spacial score (nSPS) is 24.2. The molecule has 1 saturated carbocycles. The van der Waals surface area contributed by atoms with Gasteiger partial charge in [0.1, 0.15) is 5.15 Å². The molecule has 94 valence electrons. The molecule has 2 rings (SSSR count). The van der Waals surface area contributed by atoms with Crippen molar-refractivity contribution in [3.8, 4) is 0 Å². The van der Waals surface area contributed by atoms with Crippen LogP contribution in [0.25, 0.3) is 0 Å². The minimum atomic E-state index is -0.398. The molecule has 0 bridgehead atoms. The summed E-state index contributed by atoms with van der Waals surface area (Å²) in [6, 6.07) is 0. The van der Waals surface area contributed by atoms with Crippen LogP contribution in [0.2, 0.25) is 5.15 Å². The van der Waals surface area contributed by atoms with Crippen molar-refractivity contribution in [2.75, 3.05) is 0 Å². The van der Waals surface area contributed by atoms with Crippen molar-refractivity contribution >= 4 is 11.6 Å². The van der Waals surface area contributed by atoms with Crippen molar-refractivity contribution in [2.45, 2.75) is 39.7 Å². The Kier molecular flexibility index (Phi) is 3.43. The standard InChI is InChI=1S/C12H17ClN2O2/c1-7-3-4-9(5-7)6-15-11(16)8(2)10(13)14-12(15)17/h7,9H,3-6H2,1-2H3,(H,14,17). The highest BCUT2D eigenvalue weighted by Gasteiger charge is 2.23. The molecule has 1 aromatic heterocycles. The molecule has 0 aromatic carbocycles. The van der Waals surface area contributed by atoms with Crippen molar-refractivity contribution < 1.29 is 0 Å². The zero-order chi connectivity index (χ0) is 12.6. The van der Waals surface area contributed by atoms with E-state index in [9.17, 15) is 9.59 Å². The van der Waals surface area contributed by atoms with Crippen LogP contribution in [-0.2, 0) is 6.54 Å². The summed E-state index contributed by atoms with van der Waals surface area (Å²) < 4.78 is 1.28. The molecular weight excluding hydrogens is 240 g/mol. The fourth-order valence-corrected chi connectivity index (χ4v) is 2.72. The molecule has 0 aliphatic heterocycles. The highest BCUT2D eigenvalue weighted by atomic mass is 35.5.